The summed E-state index contributed by atoms with van der Waals surface area (Å²) in [5, 5.41) is 9.93. The number of aromatic nitrogens is 2. The van der Waals surface area contributed by atoms with Gasteiger partial charge in [0, 0.05) is 12.2 Å². The summed E-state index contributed by atoms with van der Waals surface area (Å²) in [6.07, 6.45) is 1.56. The van der Waals surface area contributed by atoms with Crippen LogP contribution in [0.3, 0.4) is 0 Å². The molecule has 0 aliphatic heterocycles. The van der Waals surface area contributed by atoms with Gasteiger partial charge in [-0.05, 0) is 31.5 Å². The first-order valence-corrected chi connectivity index (χ1v) is 7.07. The van der Waals surface area contributed by atoms with E-state index in [0.717, 1.165) is 5.56 Å². The number of H-pyrrole nitrogens is 1. The van der Waals surface area contributed by atoms with Gasteiger partial charge in [-0.1, -0.05) is 29.8 Å². The minimum atomic E-state index is -0.168. The number of carbonyl (C=O) groups excluding carboxylic acids is 1. The van der Waals surface area contributed by atoms with Crippen molar-refractivity contribution in [3.63, 3.8) is 0 Å². The van der Waals surface area contributed by atoms with E-state index in [0.29, 0.717) is 29.3 Å². The molecule has 2 aromatic heterocycles. The lowest BCUT2D eigenvalue weighted by Crippen LogP contribution is -2.23. The molecule has 0 aliphatic rings. The number of nitrogens with zero attached hydrogens (tertiary/aromatic N) is 1. The Kier molecular flexibility index (Phi) is 3.78. The smallest absolute Gasteiger partial charge is 0.255 e. The summed E-state index contributed by atoms with van der Waals surface area (Å²) >= 11 is 0. The highest BCUT2D eigenvalue weighted by Crippen LogP contribution is 2.23. The Morgan fingerprint density at radius 1 is 1.23 bits per heavy atom. The molecule has 22 heavy (non-hydrogen) atoms. The van der Waals surface area contributed by atoms with Crippen molar-refractivity contribution in [2.45, 2.75) is 20.4 Å². The second-order valence-corrected chi connectivity index (χ2v) is 5.22. The number of amides is 1. The van der Waals surface area contributed by atoms with Crippen molar-refractivity contribution in [2.24, 2.45) is 0 Å². The maximum atomic E-state index is 12.5. The molecule has 0 spiro atoms. The number of benzene rings is 1. The van der Waals surface area contributed by atoms with Gasteiger partial charge in [0.2, 0.25) is 0 Å². The van der Waals surface area contributed by atoms with Crippen LogP contribution in [0, 0.1) is 13.8 Å². The lowest BCUT2D eigenvalue weighted by molar-refractivity contribution is 0.0951. The fraction of sp³-hybridized carbons (Fsp3) is 0.176. The summed E-state index contributed by atoms with van der Waals surface area (Å²) < 4.78 is 5.34. The minimum absolute atomic E-state index is 0.168. The molecule has 5 nitrogen and oxygen atoms in total. The molecule has 2 heterocycles. The first-order chi connectivity index (χ1) is 10.6. The lowest BCUT2D eigenvalue weighted by atomic mass is 10.1. The second kappa shape index (κ2) is 5.89. The largest absolute Gasteiger partial charge is 0.463 e. The van der Waals surface area contributed by atoms with Crippen molar-refractivity contribution >= 4 is 5.91 Å². The highest BCUT2D eigenvalue weighted by Gasteiger charge is 2.20. The standard InChI is InChI=1S/C17H17N3O2/c1-11-5-7-13(8-6-11)10-18-17(21)15-12(2)19-20-16(15)14-4-3-9-22-14/h3-9H,10H2,1-2H3,(H,18,21)(H,19,20). The van der Waals surface area contributed by atoms with Gasteiger partial charge in [0.15, 0.2) is 5.76 Å². The molecule has 1 amide bonds. The Bertz CT molecular complexity index is 771. The molecule has 1 aromatic carbocycles. The van der Waals surface area contributed by atoms with Crippen molar-refractivity contribution in [1.29, 1.82) is 0 Å². The van der Waals surface area contributed by atoms with Crippen LogP contribution in [0.2, 0.25) is 0 Å². The summed E-state index contributed by atoms with van der Waals surface area (Å²) in [7, 11) is 0. The van der Waals surface area contributed by atoms with E-state index >= 15 is 0 Å². The fourth-order valence-corrected chi connectivity index (χ4v) is 2.28. The number of aromatic amines is 1. The van der Waals surface area contributed by atoms with Gasteiger partial charge in [-0.15, -0.1) is 0 Å². The van der Waals surface area contributed by atoms with E-state index in [1.807, 2.05) is 38.1 Å². The molecular formula is C17H17N3O2. The quantitative estimate of drug-likeness (QED) is 0.776. The van der Waals surface area contributed by atoms with E-state index in [1.165, 1.54) is 5.56 Å². The SMILES string of the molecule is Cc1ccc(CNC(=O)c2c(-c3ccco3)n[nH]c2C)cc1. The first kappa shape index (κ1) is 14.1. The van der Waals surface area contributed by atoms with Gasteiger partial charge in [0.1, 0.15) is 5.69 Å². The van der Waals surface area contributed by atoms with E-state index in [4.69, 9.17) is 4.42 Å². The third-order valence-electron chi connectivity index (χ3n) is 3.50. The Morgan fingerprint density at radius 2 is 2.00 bits per heavy atom. The van der Waals surface area contributed by atoms with Crippen LogP contribution in [0.15, 0.2) is 47.1 Å². The summed E-state index contributed by atoms with van der Waals surface area (Å²) in [4.78, 5) is 12.5. The van der Waals surface area contributed by atoms with Crippen molar-refractivity contribution in [2.75, 3.05) is 0 Å². The van der Waals surface area contributed by atoms with E-state index in [-0.39, 0.29) is 5.91 Å². The van der Waals surface area contributed by atoms with Crippen molar-refractivity contribution in [1.82, 2.24) is 15.5 Å². The third kappa shape index (κ3) is 2.79. The van der Waals surface area contributed by atoms with Gasteiger partial charge >= 0.3 is 0 Å². The van der Waals surface area contributed by atoms with Crippen LogP contribution in [0.4, 0.5) is 0 Å². The molecule has 0 unspecified atom stereocenters. The number of rotatable bonds is 4. The number of nitrogens with one attached hydrogen (secondary N) is 2. The molecule has 3 rings (SSSR count). The van der Waals surface area contributed by atoms with Gasteiger partial charge in [0.05, 0.1) is 11.8 Å². The van der Waals surface area contributed by atoms with Gasteiger partial charge in [-0.2, -0.15) is 5.10 Å². The molecule has 2 N–H and O–H groups in total. The van der Waals surface area contributed by atoms with Crippen LogP contribution >= 0.6 is 0 Å². The molecule has 5 heteroatoms. The lowest BCUT2D eigenvalue weighted by Gasteiger charge is -2.06. The minimum Gasteiger partial charge on any atom is -0.463 e. The number of carbonyl (C=O) groups is 1. The van der Waals surface area contributed by atoms with E-state index < -0.39 is 0 Å². The van der Waals surface area contributed by atoms with E-state index in [1.54, 1.807) is 18.4 Å². The normalized spacial score (nSPS) is 10.6. The highest BCUT2D eigenvalue weighted by atomic mass is 16.3. The molecule has 112 valence electrons. The number of hydrogen-bond donors (Lipinski definition) is 2. The number of furan rings is 1. The average Bonchev–Trinajstić information content (AvgIpc) is 3.15. The Balaban J connectivity index is 1.78. The fourth-order valence-electron chi connectivity index (χ4n) is 2.28. The van der Waals surface area contributed by atoms with Crippen LogP contribution < -0.4 is 5.32 Å². The van der Waals surface area contributed by atoms with Crippen molar-refractivity contribution < 1.29 is 9.21 Å². The van der Waals surface area contributed by atoms with Gasteiger partial charge < -0.3 is 9.73 Å². The predicted molar refractivity (Wildman–Crippen MR) is 83.4 cm³/mol. The highest BCUT2D eigenvalue weighted by molar-refractivity contribution is 6.00. The van der Waals surface area contributed by atoms with Gasteiger partial charge in [-0.25, -0.2) is 0 Å². The maximum Gasteiger partial charge on any atom is 0.255 e. The third-order valence-corrected chi connectivity index (χ3v) is 3.50. The molecule has 0 saturated carbocycles. The second-order valence-electron chi connectivity index (χ2n) is 5.22. The molecule has 0 bridgehead atoms. The summed E-state index contributed by atoms with van der Waals surface area (Å²) in [5.74, 6) is 0.406. The molecule has 0 atom stereocenters. The molecule has 0 radical (unpaired) electrons. The van der Waals surface area contributed by atoms with Gasteiger partial charge in [-0.3, -0.25) is 9.89 Å². The first-order valence-electron chi connectivity index (χ1n) is 7.07. The monoisotopic (exact) mass is 295 g/mol. The Hall–Kier alpha value is -2.82. The summed E-state index contributed by atoms with van der Waals surface area (Å²) in [6.45, 7) is 4.33. The Morgan fingerprint density at radius 3 is 2.68 bits per heavy atom. The van der Waals surface area contributed by atoms with Crippen LogP contribution in [-0.4, -0.2) is 16.1 Å². The molecular weight excluding hydrogens is 278 g/mol. The van der Waals surface area contributed by atoms with Crippen molar-refractivity contribution in [3.8, 4) is 11.5 Å². The maximum absolute atomic E-state index is 12.5. The molecule has 0 fully saturated rings. The predicted octanol–water partition coefficient (Wildman–Crippen LogP) is 3.22. The topological polar surface area (TPSA) is 70.9 Å². The van der Waals surface area contributed by atoms with Crippen LogP contribution in [0.25, 0.3) is 11.5 Å². The zero-order valence-electron chi connectivity index (χ0n) is 12.5. The zero-order chi connectivity index (χ0) is 15.5. The summed E-state index contributed by atoms with van der Waals surface area (Å²) in [6, 6.07) is 11.6. The van der Waals surface area contributed by atoms with Crippen molar-refractivity contribution in [3.05, 3.63) is 65.0 Å². The van der Waals surface area contributed by atoms with Crippen LogP contribution in [-0.2, 0) is 6.54 Å². The molecule has 0 aliphatic carbocycles. The number of hydrogen-bond acceptors (Lipinski definition) is 3. The Labute approximate surface area is 128 Å². The zero-order valence-corrected chi connectivity index (χ0v) is 12.5. The van der Waals surface area contributed by atoms with Gasteiger partial charge in [0.25, 0.3) is 5.91 Å². The molecule has 3 aromatic rings. The van der Waals surface area contributed by atoms with Crippen LogP contribution in [0.5, 0.6) is 0 Å². The van der Waals surface area contributed by atoms with Crippen LogP contribution in [0.1, 0.15) is 27.2 Å². The average molecular weight is 295 g/mol. The van der Waals surface area contributed by atoms with E-state index in [2.05, 4.69) is 15.5 Å². The summed E-state index contributed by atoms with van der Waals surface area (Å²) in [5.41, 5.74) is 4.01. The number of aryl methyl sites for hydroxylation is 2. The molecule has 0 saturated heterocycles. The van der Waals surface area contributed by atoms with E-state index in [9.17, 15) is 4.79 Å².